The average molecular weight is 227 g/mol. The molecule has 1 aromatic carbocycles. The fourth-order valence-corrected chi connectivity index (χ4v) is 1.52. The minimum absolute atomic E-state index is 0.767. The lowest BCUT2D eigenvalue weighted by Gasteiger charge is -2.08. The van der Waals surface area contributed by atoms with E-state index >= 15 is 0 Å². The van der Waals surface area contributed by atoms with E-state index in [2.05, 4.69) is 15.5 Å². The van der Waals surface area contributed by atoms with Crippen LogP contribution in [0.5, 0.6) is 0 Å². The number of para-hydroxylation sites is 1. The van der Waals surface area contributed by atoms with Gasteiger partial charge in [-0.1, -0.05) is 23.4 Å². The molecule has 0 amide bonds. The van der Waals surface area contributed by atoms with Gasteiger partial charge in [-0.05, 0) is 30.7 Å². The van der Waals surface area contributed by atoms with E-state index in [0.717, 1.165) is 22.6 Å². The van der Waals surface area contributed by atoms with Crippen LogP contribution in [0.25, 0.3) is 0 Å². The maximum absolute atomic E-state index is 8.44. The molecule has 2 N–H and O–H groups in total. The van der Waals surface area contributed by atoms with Gasteiger partial charge < -0.3 is 10.5 Å². The summed E-state index contributed by atoms with van der Waals surface area (Å²) in [6.07, 6.45) is 3.00. The highest BCUT2D eigenvalue weighted by Crippen LogP contribution is 2.17. The van der Waals surface area contributed by atoms with Crippen molar-refractivity contribution in [1.82, 2.24) is 4.98 Å². The van der Waals surface area contributed by atoms with Gasteiger partial charge in [0.15, 0.2) is 0 Å². The Bertz CT molecular complexity index is 523. The Morgan fingerprint density at radius 3 is 2.71 bits per heavy atom. The Morgan fingerprint density at radius 1 is 1.29 bits per heavy atom. The number of aryl methyl sites for hydroxylation is 1. The van der Waals surface area contributed by atoms with Crippen molar-refractivity contribution in [2.24, 2.45) is 5.16 Å². The number of aromatic nitrogens is 1. The van der Waals surface area contributed by atoms with Crippen LogP contribution in [0.4, 0.5) is 11.5 Å². The minimum Gasteiger partial charge on any atom is -0.411 e. The molecule has 17 heavy (non-hydrogen) atoms. The summed E-state index contributed by atoms with van der Waals surface area (Å²) >= 11 is 0. The van der Waals surface area contributed by atoms with Crippen LogP contribution in [0.15, 0.2) is 47.8 Å². The highest BCUT2D eigenvalue weighted by molar-refractivity contribution is 5.79. The number of hydrogen-bond donors (Lipinski definition) is 2. The Kier molecular flexibility index (Phi) is 3.35. The molecule has 4 nitrogen and oxygen atoms in total. The molecule has 2 aromatic rings. The van der Waals surface area contributed by atoms with Crippen LogP contribution in [0.3, 0.4) is 0 Å². The summed E-state index contributed by atoms with van der Waals surface area (Å²) in [4.78, 5) is 4.28. The van der Waals surface area contributed by atoms with E-state index in [1.165, 1.54) is 6.21 Å². The molecular formula is C13H13N3O. The van der Waals surface area contributed by atoms with E-state index in [-0.39, 0.29) is 0 Å². The topological polar surface area (TPSA) is 57.5 Å². The third-order valence-electron chi connectivity index (χ3n) is 2.34. The van der Waals surface area contributed by atoms with Crippen molar-refractivity contribution >= 4 is 17.7 Å². The Balaban J connectivity index is 2.23. The summed E-state index contributed by atoms with van der Waals surface area (Å²) < 4.78 is 0. The van der Waals surface area contributed by atoms with Crippen molar-refractivity contribution in [3.05, 3.63) is 53.7 Å². The molecule has 1 aromatic heterocycles. The molecule has 86 valence electrons. The van der Waals surface area contributed by atoms with Gasteiger partial charge in [0.2, 0.25) is 0 Å². The number of oxime groups is 1. The lowest BCUT2D eigenvalue weighted by molar-refractivity contribution is 0.322. The largest absolute Gasteiger partial charge is 0.411 e. The third kappa shape index (κ3) is 2.81. The maximum Gasteiger partial charge on any atom is 0.133 e. The zero-order valence-electron chi connectivity index (χ0n) is 9.46. The number of benzene rings is 1. The first-order valence-corrected chi connectivity index (χ1v) is 5.26. The van der Waals surface area contributed by atoms with E-state index in [1.807, 2.05) is 43.3 Å². The zero-order chi connectivity index (χ0) is 12.1. The number of nitrogens with one attached hydrogen (secondary N) is 1. The third-order valence-corrected chi connectivity index (χ3v) is 2.34. The normalized spacial score (nSPS) is 10.6. The summed E-state index contributed by atoms with van der Waals surface area (Å²) in [5.41, 5.74) is 2.75. The van der Waals surface area contributed by atoms with E-state index < -0.39 is 0 Å². The number of pyridine rings is 1. The quantitative estimate of drug-likeness (QED) is 0.481. The van der Waals surface area contributed by atoms with Crippen molar-refractivity contribution in [2.75, 3.05) is 5.32 Å². The van der Waals surface area contributed by atoms with Crippen LogP contribution in [-0.4, -0.2) is 16.4 Å². The van der Waals surface area contributed by atoms with Crippen molar-refractivity contribution in [2.45, 2.75) is 6.92 Å². The van der Waals surface area contributed by atoms with Gasteiger partial charge in [-0.15, -0.1) is 0 Å². The highest BCUT2D eigenvalue weighted by Gasteiger charge is 2.01. The number of nitrogens with zero attached hydrogens (tertiary/aromatic N) is 2. The van der Waals surface area contributed by atoms with Gasteiger partial charge in [-0.25, -0.2) is 4.98 Å². The predicted molar refractivity (Wildman–Crippen MR) is 68.1 cm³/mol. The summed E-state index contributed by atoms with van der Waals surface area (Å²) in [5.74, 6) is 0.797. The zero-order valence-corrected chi connectivity index (χ0v) is 9.46. The molecular weight excluding hydrogens is 214 g/mol. The van der Waals surface area contributed by atoms with E-state index in [0.29, 0.717) is 0 Å². The second-order valence-corrected chi connectivity index (χ2v) is 3.67. The van der Waals surface area contributed by atoms with Crippen molar-refractivity contribution in [3.63, 3.8) is 0 Å². The summed E-state index contributed by atoms with van der Waals surface area (Å²) in [6, 6.07) is 11.7. The summed E-state index contributed by atoms with van der Waals surface area (Å²) in [7, 11) is 0. The van der Waals surface area contributed by atoms with Crippen LogP contribution < -0.4 is 5.32 Å². The fraction of sp³-hybridized carbons (Fsp3) is 0.0769. The van der Waals surface area contributed by atoms with Crippen LogP contribution in [0.1, 0.15) is 11.1 Å². The van der Waals surface area contributed by atoms with Gasteiger partial charge in [-0.3, -0.25) is 0 Å². The van der Waals surface area contributed by atoms with Crippen LogP contribution in [0, 0.1) is 6.92 Å². The Labute approximate surface area is 99.6 Å². The molecule has 0 aliphatic heterocycles. The first-order valence-electron chi connectivity index (χ1n) is 5.26. The molecule has 0 atom stereocenters. The molecule has 2 rings (SSSR count). The predicted octanol–water partition coefficient (Wildman–Crippen LogP) is 2.94. The standard InChI is InChI=1S/C13H13N3O/c1-10-7-11(9-15-17)8-14-13(10)16-12-5-3-2-4-6-12/h2-9,17H,1H3,(H,14,16)/b15-9-. The van der Waals surface area contributed by atoms with Crippen LogP contribution in [-0.2, 0) is 0 Å². The average Bonchev–Trinajstić information content (AvgIpc) is 2.34. The lowest BCUT2D eigenvalue weighted by atomic mass is 10.2. The monoisotopic (exact) mass is 227 g/mol. The smallest absolute Gasteiger partial charge is 0.133 e. The fourth-order valence-electron chi connectivity index (χ4n) is 1.52. The number of anilines is 2. The SMILES string of the molecule is Cc1cc(/C=N\O)cnc1Nc1ccccc1. The van der Waals surface area contributed by atoms with Crippen molar-refractivity contribution in [3.8, 4) is 0 Å². The first kappa shape index (κ1) is 11.1. The number of hydrogen-bond acceptors (Lipinski definition) is 4. The molecule has 0 spiro atoms. The molecule has 0 bridgehead atoms. The van der Waals surface area contributed by atoms with Gasteiger partial charge >= 0.3 is 0 Å². The van der Waals surface area contributed by atoms with E-state index in [9.17, 15) is 0 Å². The highest BCUT2D eigenvalue weighted by atomic mass is 16.4. The molecule has 0 saturated heterocycles. The van der Waals surface area contributed by atoms with E-state index in [1.54, 1.807) is 6.20 Å². The molecule has 0 aliphatic carbocycles. The second-order valence-electron chi connectivity index (χ2n) is 3.67. The lowest BCUT2D eigenvalue weighted by Crippen LogP contribution is -1.97. The van der Waals surface area contributed by atoms with Crippen LogP contribution in [0.2, 0.25) is 0 Å². The maximum atomic E-state index is 8.44. The van der Waals surface area contributed by atoms with Gasteiger partial charge in [0, 0.05) is 17.4 Å². The summed E-state index contributed by atoms with van der Waals surface area (Å²) in [5, 5.41) is 14.6. The van der Waals surface area contributed by atoms with Gasteiger partial charge in [-0.2, -0.15) is 0 Å². The Morgan fingerprint density at radius 2 is 2.06 bits per heavy atom. The second kappa shape index (κ2) is 5.12. The van der Waals surface area contributed by atoms with Gasteiger partial charge in [0.05, 0.1) is 6.21 Å². The van der Waals surface area contributed by atoms with Gasteiger partial charge in [0.1, 0.15) is 5.82 Å². The molecule has 0 saturated carbocycles. The van der Waals surface area contributed by atoms with Crippen LogP contribution >= 0.6 is 0 Å². The minimum atomic E-state index is 0.767. The van der Waals surface area contributed by atoms with E-state index in [4.69, 9.17) is 5.21 Å². The van der Waals surface area contributed by atoms with Crippen molar-refractivity contribution < 1.29 is 5.21 Å². The Hall–Kier alpha value is -2.36. The van der Waals surface area contributed by atoms with Crippen molar-refractivity contribution in [1.29, 1.82) is 0 Å². The molecule has 4 heteroatoms. The first-order chi connectivity index (χ1) is 8.29. The summed E-state index contributed by atoms with van der Waals surface area (Å²) in [6.45, 7) is 1.95. The molecule has 1 heterocycles. The molecule has 0 aliphatic rings. The molecule has 0 unspecified atom stereocenters. The number of rotatable bonds is 3. The molecule has 0 fully saturated rings. The molecule has 0 radical (unpaired) electrons. The van der Waals surface area contributed by atoms with Gasteiger partial charge in [0.25, 0.3) is 0 Å².